The van der Waals surface area contributed by atoms with E-state index in [1.807, 2.05) is 11.0 Å². The van der Waals surface area contributed by atoms with Gasteiger partial charge in [-0.3, -0.25) is 14.6 Å². The van der Waals surface area contributed by atoms with E-state index < -0.39 is 12.0 Å². The second kappa shape index (κ2) is 7.00. The molecule has 1 aliphatic rings. The molecule has 1 heterocycles. The van der Waals surface area contributed by atoms with Crippen molar-refractivity contribution in [2.24, 2.45) is 0 Å². The van der Waals surface area contributed by atoms with Crippen LogP contribution in [0.1, 0.15) is 31.9 Å². The number of rotatable bonds is 5. The minimum Gasteiger partial charge on any atom is -0.480 e. The third-order valence-corrected chi connectivity index (χ3v) is 4.31. The summed E-state index contributed by atoms with van der Waals surface area (Å²) in [5, 5.41) is 9.07. The molecule has 1 saturated heterocycles. The first-order valence-corrected chi connectivity index (χ1v) is 7.49. The van der Waals surface area contributed by atoms with Crippen LogP contribution in [-0.4, -0.2) is 53.1 Å². The summed E-state index contributed by atoms with van der Waals surface area (Å²) in [6, 6.07) is 6.52. The molecule has 0 saturated carbocycles. The maximum atomic E-state index is 13.4. The summed E-state index contributed by atoms with van der Waals surface area (Å²) in [7, 11) is 0. The van der Waals surface area contributed by atoms with Gasteiger partial charge in [-0.05, 0) is 31.0 Å². The predicted molar refractivity (Wildman–Crippen MR) is 79.7 cm³/mol. The Morgan fingerprint density at radius 2 is 1.90 bits per heavy atom. The molecular formula is C16H23FN2O2. The van der Waals surface area contributed by atoms with E-state index in [1.165, 1.54) is 6.07 Å². The van der Waals surface area contributed by atoms with Crippen molar-refractivity contribution >= 4 is 5.97 Å². The molecule has 116 valence electrons. The van der Waals surface area contributed by atoms with Crippen LogP contribution in [0.5, 0.6) is 0 Å². The molecule has 0 spiro atoms. The first-order valence-electron chi connectivity index (χ1n) is 7.49. The van der Waals surface area contributed by atoms with Gasteiger partial charge in [-0.25, -0.2) is 4.39 Å². The Labute approximate surface area is 125 Å². The molecule has 0 aromatic heterocycles. The van der Waals surface area contributed by atoms with Crippen molar-refractivity contribution < 1.29 is 14.3 Å². The SMILES string of the molecule is CCC(c1cccc(F)c1)N1CCN(C(C)C(=O)O)CC1. The van der Waals surface area contributed by atoms with Crippen molar-refractivity contribution in [3.8, 4) is 0 Å². The van der Waals surface area contributed by atoms with Crippen molar-refractivity contribution in [3.63, 3.8) is 0 Å². The van der Waals surface area contributed by atoms with E-state index in [0.717, 1.165) is 38.2 Å². The number of carboxylic acids is 1. The fraction of sp³-hybridized carbons (Fsp3) is 0.562. The Morgan fingerprint density at radius 3 is 2.43 bits per heavy atom. The molecule has 1 aliphatic heterocycles. The van der Waals surface area contributed by atoms with Crippen molar-refractivity contribution in [1.29, 1.82) is 0 Å². The third-order valence-electron chi connectivity index (χ3n) is 4.31. The van der Waals surface area contributed by atoms with Crippen molar-refractivity contribution in [2.45, 2.75) is 32.4 Å². The number of hydrogen-bond donors (Lipinski definition) is 1. The number of piperazine rings is 1. The summed E-state index contributed by atoms with van der Waals surface area (Å²) >= 11 is 0. The quantitative estimate of drug-likeness (QED) is 0.905. The van der Waals surface area contributed by atoms with Crippen LogP contribution in [0.2, 0.25) is 0 Å². The molecule has 0 bridgehead atoms. The number of hydrogen-bond acceptors (Lipinski definition) is 3. The number of benzene rings is 1. The Bertz CT molecular complexity index is 487. The first-order chi connectivity index (χ1) is 10.0. The highest BCUT2D eigenvalue weighted by Crippen LogP contribution is 2.26. The van der Waals surface area contributed by atoms with Gasteiger partial charge < -0.3 is 5.11 Å². The van der Waals surface area contributed by atoms with Gasteiger partial charge in [0.15, 0.2) is 0 Å². The predicted octanol–water partition coefficient (Wildman–Crippen LogP) is 2.37. The second-order valence-electron chi connectivity index (χ2n) is 5.57. The highest BCUT2D eigenvalue weighted by molar-refractivity contribution is 5.72. The average molecular weight is 294 g/mol. The second-order valence-corrected chi connectivity index (χ2v) is 5.57. The summed E-state index contributed by atoms with van der Waals surface area (Å²) in [6.07, 6.45) is 0.915. The van der Waals surface area contributed by atoms with E-state index in [-0.39, 0.29) is 11.9 Å². The van der Waals surface area contributed by atoms with Gasteiger partial charge in [-0.1, -0.05) is 19.1 Å². The molecule has 1 fully saturated rings. The molecule has 21 heavy (non-hydrogen) atoms. The number of nitrogens with zero attached hydrogens (tertiary/aromatic N) is 2. The van der Waals surface area contributed by atoms with Crippen molar-refractivity contribution in [3.05, 3.63) is 35.6 Å². The van der Waals surface area contributed by atoms with Gasteiger partial charge in [0.1, 0.15) is 11.9 Å². The first kappa shape index (κ1) is 15.9. The smallest absolute Gasteiger partial charge is 0.320 e. The molecule has 0 aliphatic carbocycles. The van der Waals surface area contributed by atoms with Crippen LogP contribution >= 0.6 is 0 Å². The lowest BCUT2D eigenvalue weighted by Gasteiger charge is -2.40. The minimum absolute atomic E-state index is 0.197. The van der Waals surface area contributed by atoms with Gasteiger partial charge in [0.2, 0.25) is 0 Å². The number of carbonyl (C=O) groups is 1. The molecule has 2 rings (SSSR count). The largest absolute Gasteiger partial charge is 0.480 e. The van der Waals surface area contributed by atoms with Crippen LogP contribution in [-0.2, 0) is 4.79 Å². The number of halogens is 1. The van der Waals surface area contributed by atoms with Crippen LogP contribution in [0.4, 0.5) is 4.39 Å². The van der Waals surface area contributed by atoms with Crippen molar-refractivity contribution in [2.75, 3.05) is 26.2 Å². The molecule has 1 aromatic carbocycles. The monoisotopic (exact) mass is 294 g/mol. The molecular weight excluding hydrogens is 271 g/mol. The average Bonchev–Trinajstić information content (AvgIpc) is 2.48. The van der Waals surface area contributed by atoms with E-state index in [1.54, 1.807) is 19.1 Å². The van der Waals surface area contributed by atoms with Crippen LogP contribution in [0.3, 0.4) is 0 Å². The lowest BCUT2D eigenvalue weighted by molar-refractivity contribution is -0.143. The Morgan fingerprint density at radius 1 is 1.29 bits per heavy atom. The highest BCUT2D eigenvalue weighted by Gasteiger charge is 2.28. The van der Waals surface area contributed by atoms with Gasteiger partial charge in [0.25, 0.3) is 0 Å². The topological polar surface area (TPSA) is 43.8 Å². The van der Waals surface area contributed by atoms with E-state index in [4.69, 9.17) is 5.11 Å². The summed E-state index contributed by atoms with van der Waals surface area (Å²) in [4.78, 5) is 15.3. The molecule has 4 nitrogen and oxygen atoms in total. The van der Waals surface area contributed by atoms with Crippen molar-refractivity contribution in [1.82, 2.24) is 9.80 Å². The maximum absolute atomic E-state index is 13.4. The standard InChI is InChI=1S/C16H23FN2O2/c1-3-15(13-5-4-6-14(17)11-13)19-9-7-18(8-10-19)12(2)16(20)21/h4-6,11-12,15H,3,7-10H2,1-2H3,(H,20,21). The molecule has 2 atom stereocenters. The molecule has 1 N–H and O–H groups in total. The number of carboxylic acid groups (broad SMARTS) is 1. The number of aliphatic carboxylic acids is 1. The molecule has 0 amide bonds. The van der Waals surface area contributed by atoms with E-state index >= 15 is 0 Å². The highest BCUT2D eigenvalue weighted by atomic mass is 19.1. The van der Waals surface area contributed by atoms with Crippen LogP contribution in [0, 0.1) is 5.82 Å². The lowest BCUT2D eigenvalue weighted by atomic mass is 10.0. The zero-order valence-corrected chi connectivity index (χ0v) is 12.6. The van der Waals surface area contributed by atoms with Crippen LogP contribution in [0.15, 0.2) is 24.3 Å². The van der Waals surface area contributed by atoms with Gasteiger partial charge in [0, 0.05) is 32.2 Å². The zero-order valence-electron chi connectivity index (χ0n) is 12.6. The fourth-order valence-corrected chi connectivity index (χ4v) is 3.01. The van der Waals surface area contributed by atoms with E-state index in [0.29, 0.717) is 0 Å². The van der Waals surface area contributed by atoms with E-state index in [2.05, 4.69) is 11.8 Å². The summed E-state index contributed by atoms with van der Waals surface area (Å²) in [6.45, 7) is 6.92. The Hall–Kier alpha value is -1.46. The van der Waals surface area contributed by atoms with Crippen LogP contribution in [0.25, 0.3) is 0 Å². The Kier molecular flexibility index (Phi) is 5.31. The van der Waals surface area contributed by atoms with Gasteiger partial charge in [-0.15, -0.1) is 0 Å². The summed E-state index contributed by atoms with van der Waals surface area (Å²) in [5.74, 6) is -0.982. The Balaban J connectivity index is 2.01. The summed E-state index contributed by atoms with van der Waals surface area (Å²) in [5.41, 5.74) is 0.997. The van der Waals surface area contributed by atoms with Gasteiger partial charge in [-0.2, -0.15) is 0 Å². The van der Waals surface area contributed by atoms with Crippen LogP contribution < -0.4 is 0 Å². The maximum Gasteiger partial charge on any atom is 0.320 e. The molecule has 0 radical (unpaired) electrons. The minimum atomic E-state index is -0.777. The normalized spacial score (nSPS) is 20.1. The summed E-state index contributed by atoms with van der Waals surface area (Å²) < 4.78 is 13.4. The molecule has 5 heteroatoms. The van der Waals surface area contributed by atoms with Gasteiger partial charge in [0.05, 0.1) is 0 Å². The van der Waals surface area contributed by atoms with E-state index in [9.17, 15) is 9.18 Å². The fourth-order valence-electron chi connectivity index (χ4n) is 3.01. The third kappa shape index (κ3) is 3.80. The lowest BCUT2D eigenvalue weighted by Crippen LogP contribution is -2.52. The molecule has 2 unspecified atom stereocenters. The van der Waals surface area contributed by atoms with Gasteiger partial charge >= 0.3 is 5.97 Å². The zero-order chi connectivity index (χ0) is 15.4. The molecule has 1 aromatic rings.